The van der Waals surface area contributed by atoms with Crippen LogP contribution in [0.3, 0.4) is 0 Å². The van der Waals surface area contributed by atoms with E-state index in [9.17, 15) is 4.79 Å². The molecule has 1 amide bonds. The van der Waals surface area contributed by atoms with Gasteiger partial charge in [0.1, 0.15) is 0 Å². The van der Waals surface area contributed by atoms with E-state index in [1.165, 1.54) is 0 Å². The molecule has 17 heavy (non-hydrogen) atoms. The average molecular weight is 234 g/mol. The highest BCUT2D eigenvalue weighted by atomic mass is 16.1. The highest BCUT2D eigenvalue weighted by Crippen LogP contribution is 2.13. The summed E-state index contributed by atoms with van der Waals surface area (Å²) in [6.45, 7) is 9.52. The lowest BCUT2D eigenvalue weighted by Crippen LogP contribution is -2.30. The zero-order valence-corrected chi connectivity index (χ0v) is 11.1. The second-order valence-electron chi connectivity index (χ2n) is 4.95. The standard InChI is InChI=1S/C14H22N2O/c1-10(2)8-15-9-14(17)16-13-6-11(3)5-12(4)7-13/h5-7,10,15H,8-9H2,1-4H3,(H,16,17). The predicted octanol–water partition coefficient (Wildman–Crippen LogP) is 2.49. The van der Waals surface area contributed by atoms with Crippen LogP contribution in [0, 0.1) is 19.8 Å². The van der Waals surface area contributed by atoms with Gasteiger partial charge in [-0.05, 0) is 49.6 Å². The van der Waals surface area contributed by atoms with E-state index in [0.29, 0.717) is 12.5 Å². The number of benzene rings is 1. The third-order valence-corrected chi connectivity index (χ3v) is 2.34. The average Bonchev–Trinajstić information content (AvgIpc) is 2.14. The van der Waals surface area contributed by atoms with Crippen molar-refractivity contribution in [3.05, 3.63) is 29.3 Å². The zero-order valence-electron chi connectivity index (χ0n) is 11.1. The molecule has 0 bridgehead atoms. The molecule has 0 aliphatic heterocycles. The van der Waals surface area contributed by atoms with Gasteiger partial charge in [0.2, 0.25) is 5.91 Å². The summed E-state index contributed by atoms with van der Waals surface area (Å²) in [5, 5.41) is 6.02. The lowest BCUT2D eigenvalue weighted by molar-refractivity contribution is -0.115. The molecule has 0 spiro atoms. The quantitative estimate of drug-likeness (QED) is 0.822. The Morgan fingerprint density at radius 3 is 2.29 bits per heavy atom. The van der Waals surface area contributed by atoms with Gasteiger partial charge in [0.05, 0.1) is 6.54 Å². The van der Waals surface area contributed by atoms with E-state index >= 15 is 0 Å². The normalized spacial score (nSPS) is 10.6. The monoisotopic (exact) mass is 234 g/mol. The number of rotatable bonds is 5. The third-order valence-electron chi connectivity index (χ3n) is 2.34. The van der Waals surface area contributed by atoms with E-state index in [4.69, 9.17) is 0 Å². The van der Waals surface area contributed by atoms with Crippen molar-refractivity contribution in [3.63, 3.8) is 0 Å². The molecule has 94 valence electrons. The maximum absolute atomic E-state index is 11.6. The topological polar surface area (TPSA) is 41.1 Å². The van der Waals surface area contributed by atoms with Gasteiger partial charge < -0.3 is 10.6 Å². The zero-order chi connectivity index (χ0) is 12.8. The van der Waals surface area contributed by atoms with Gasteiger partial charge >= 0.3 is 0 Å². The van der Waals surface area contributed by atoms with Crippen molar-refractivity contribution in [2.75, 3.05) is 18.4 Å². The minimum Gasteiger partial charge on any atom is -0.325 e. The first-order valence-electron chi connectivity index (χ1n) is 6.06. The fraction of sp³-hybridized carbons (Fsp3) is 0.500. The van der Waals surface area contributed by atoms with Crippen LogP contribution in [0.15, 0.2) is 18.2 Å². The summed E-state index contributed by atoms with van der Waals surface area (Å²) >= 11 is 0. The molecule has 1 rings (SSSR count). The second kappa shape index (κ2) is 6.40. The molecule has 0 aliphatic carbocycles. The van der Waals surface area contributed by atoms with Crippen LogP contribution in [0.5, 0.6) is 0 Å². The van der Waals surface area contributed by atoms with E-state index in [-0.39, 0.29) is 5.91 Å². The molecule has 2 N–H and O–H groups in total. The Morgan fingerprint density at radius 1 is 1.18 bits per heavy atom. The van der Waals surface area contributed by atoms with Crippen LogP contribution in [0.2, 0.25) is 0 Å². The molecular formula is C14H22N2O. The van der Waals surface area contributed by atoms with Crippen LogP contribution in [-0.4, -0.2) is 19.0 Å². The number of hydrogen-bond acceptors (Lipinski definition) is 2. The van der Waals surface area contributed by atoms with Crippen molar-refractivity contribution in [2.45, 2.75) is 27.7 Å². The van der Waals surface area contributed by atoms with Gasteiger partial charge in [-0.25, -0.2) is 0 Å². The number of anilines is 1. The summed E-state index contributed by atoms with van der Waals surface area (Å²) in [6.07, 6.45) is 0. The molecule has 3 nitrogen and oxygen atoms in total. The van der Waals surface area contributed by atoms with Crippen molar-refractivity contribution in [1.29, 1.82) is 0 Å². The number of amides is 1. The van der Waals surface area contributed by atoms with Crippen LogP contribution in [0.4, 0.5) is 5.69 Å². The van der Waals surface area contributed by atoms with E-state index in [0.717, 1.165) is 23.4 Å². The first kappa shape index (κ1) is 13.7. The summed E-state index contributed by atoms with van der Waals surface area (Å²) in [5.74, 6) is 0.569. The predicted molar refractivity (Wildman–Crippen MR) is 72.3 cm³/mol. The molecule has 1 aromatic rings. The summed E-state index contributed by atoms with van der Waals surface area (Å²) in [7, 11) is 0. The van der Waals surface area contributed by atoms with E-state index in [2.05, 4.69) is 30.5 Å². The van der Waals surface area contributed by atoms with Crippen LogP contribution in [0.25, 0.3) is 0 Å². The molecule has 3 heteroatoms. The van der Waals surface area contributed by atoms with Gasteiger partial charge in [0.15, 0.2) is 0 Å². The van der Waals surface area contributed by atoms with E-state index < -0.39 is 0 Å². The van der Waals surface area contributed by atoms with Crippen molar-refractivity contribution in [3.8, 4) is 0 Å². The van der Waals surface area contributed by atoms with Crippen LogP contribution in [0.1, 0.15) is 25.0 Å². The van der Waals surface area contributed by atoms with Crippen LogP contribution < -0.4 is 10.6 Å². The maximum atomic E-state index is 11.6. The first-order chi connectivity index (χ1) is 7.97. The van der Waals surface area contributed by atoms with Crippen molar-refractivity contribution < 1.29 is 4.79 Å². The molecule has 0 fully saturated rings. The lowest BCUT2D eigenvalue weighted by Gasteiger charge is -2.09. The maximum Gasteiger partial charge on any atom is 0.238 e. The molecular weight excluding hydrogens is 212 g/mol. The first-order valence-corrected chi connectivity index (χ1v) is 6.06. The van der Waals surface area contributed by atoms with Crippen LogP contribution in [-0.2, 0) is 4.79 Å². The number of hydrogen-bond donors (Lipinski definition) is 2. The molecule has 0 atom stereocenters. The molecule has 0 heterocycles. The summed E-state index contributed by atoms with van der Waals surface area (Å²) in [6, 6.07) is 6.05. The van der Waals surface area contributed by atoms with Gasteiger partial charge in [-0.3, -0.25) is 4.79 Å². The molecule has 0 radical (unpaired) electrons. The molecule has 0 unspecified atom stereocenters. The van der Waals surface area contributed by atoms with Gasteiger partial charge in [-0.15, -0.1) is 0 Å². The second-order valence-corrected chi connectivity index (χ2v) is 4.95. The number of carbonyl (C=O) groups excluding carboxylic acids is 1. The Labute approximate surface area is 104 Å². The smallest absolute Gasteiger partial charge is 0.238 e. The van der Waals surface area contributed by atoms with Crippen molar-refractivity contribution in [2.24, 2.45) is 5.92 Å². The minimum absolute atomic E-state index is 0.00986. The fourth-order valence-electron chi connectivity index (χ4n) is 1.73. The molecule has 1 aromatic carbocycles. The van der Waals surface area contributed by atoms with Crippen molar-refractivity contribution >= 4 is 11.6 Å². The Hall–Kier alpha value is -1.35. The molecule has 0 saturated heterocycles. The van der Waals surface area contributed by atoms with Gasteiger partial charge in [0, 0.05) is 5.69 Å². The van der Waals surface area contributed by atoms with Gasteiger partial charge in [-0.1, -0.05) is 19.9 Å². The Balaban J connectivity index is 2.45. The van der Waals surface area contributed by atoms with E-state index in [1.54, 1.807) is 0 Å². The largest absolute Gasteiger partial charge is 0.325 e. The highest BCUT2D eigenvalue weighted by Gasteiger charge is 2.03. The summed E-state index contributed by atoms with van der Waals surface area (Å²) in [5.41, 5.74) is 3.20. The lowest BCUT2D eigenvalue weighted by atomic mass is 10.1. The Morgan fingerprint density at radius 2 is 1.76 bits per heavy atom. The number of nitrogens with one attached hydrogen (secondary N) is 2. The van der Waals surface area contributed by atoms with Crippen molar-refractivity contribution in [1.82, 2.24) is 5.32 Å². The molecule has 0 aliphatic rings. The fourth-order valence-corrected chi connectivity index (χ4v) is 1.73. The van der Waals surface area contributed by atoms with Gasteiger partial charge in [0.25, 0.3) is 0 Å². The third kappa shape index (κ3) is 5.50. The minimum atomic E-state index is 0.00986. The Bertz CT molecular complexity index is 366. The number of aryl methyl sites for hydroxylation is 2. The molecule has 0 saturated carbocycles. The SMILES string of the molecule is Cc1cc(C)cc(NC(=O)CNCC(C)C)c1. The Kier molecular flexibility index (Phi) is 5.16. The van der Waals surface area contributed by atoms with E-state index in [1.807, 2.05) is 26.0 Å². The number of carbonyl (C=O) groups is 1. The summed E-state index contributed by atoms with van der Waals surface area (Å²) < 4.78 is 0. The molecule has 0 aromatic heterocycles. The van der Waals surface area contributed by atoms with Gasteiger partial charge in [-0.2, -0.15) is 0 Å². The van der Waals surface area contributed by atoms with Crippen LogP contribution >= 0.6 is 0 Å². The highest BCUT2D eigenvalue weighted by molar-refractivity contribution is 5.92. The summed E-state index contributed by atoms with van der Waals surface area (Å²) in [4.78, 5) is 11.6.